The fraction of sp³-hybridized carbons (Fsp3) is 0.300. The Labute approximate surface area is 155 Å². The molecule has 3 rings (SSSR count). The lowest BCUT2D eigenvalue weighted by Gasteiger charge is -2.22. The van der Waals surface area contributed by atoms with Gasteiger partial charge in [-0.05, 0) is 49.2 Å². The topological polar surface area (TPSA) is 49.4 Å². The molecular weight excluding hydrogens is 357 g/mol. The second kappa shape index (κ2) is 7.42. The summed E-state index contributed by atoms with van der Waals surface area (Å²) in [6.07, 6.45) is -3.56. The number of anilines is 2. The van der Waals surface area contributed by atoms with E-state index >= 15 is 0 Å². The zero-order valence-corrected chi connectivity index (χ0v) is 14.7. The van der Waals surface area contributed by atoms with Crippen LogP contribution in [0, 0.1) is 0 Å². The maximum atomic E-state index is 13.0. The van der Waals surface area contributed by atoms with Crippen LogP contribution in [0.2, 0.25) is 0 Å². The normalized spacial score (nSPS) is 17.3. The van der Waals surface area contributed by atoms with Gasteiger partial charge in [-0.15, -0.1) is 0 Å². The average molecular weight is 376 g/mol. The molecule has 4 nitrogen and oxygen atoms in total. The summed E-state index contributed by atoms with van der Waals surface area (Å²) in [5.41, 5.74) is 0.325. The van der Waals surface area contributed by atoms with E-state index in [-0.39, 0.29) is 23.9 Å². The highest BCUT2D eigenvalue weighted by Gasteiger charge is 2.33. The summed E-state index contributed by atoms with van der Waals surface area (Å²) in [4.78, 5) is 25.8. The van der Waals surface area contributed by atoms with E-state index in [2.05, 4.69) is 5.32 Å². The van der Waals surface area contributed by atoms with Gasteiger partial charge >= 0.3 is 6.18 Å². The largest absolute Gasteiger partial charge is 0.416 e. The van der Waals surface area contributed by atoms with Gasteiger partial charge in [0.05, 0.1) is 12.0 Å². The minimum absolute atomic E-state index is 0.0584. The first-order valence-corrected chi connectivity index (χ1v) is 8.63. The molecule has 2 aromatic carbocycles. The molecule has 0 radical (unpaired) electrons. The van der Waals surface area contributed by atoms with Crippen LogP contribution in [-0.2, 0) is 22.2 Å². The highest BCUT2D eigenvalue weighted by molar-refractivity contribution is 5.97. The maximum absolute atomic E-state index is 13.0. The number of nitrogens with zero attached hydrogens (tertiary/aromatic N) is 1. The molecule has 0 saturated carbocycles. The lowest BCUT2D eigenvalue weighted by atomic mass is 10.0. The van der Waals surface area contributed by atoms with Crippen molar-refractivity contribution < 1.29 is 22.8 Å². The van der Waals surface area contributed by atoms with Crippen molar-refractivity contribution in [3.63, 3.8) is 0 Å². The number of carbonyl (C=O) groups excluding carboxylic acids is 2. The maximum Gasteiger partial charge on any atom is 0.416 e. The fourth-order valence-corrected chi connectivity index (χ4v) is 3.26. The van der Waals surface area contributed by atoms with Gasteiger partial charge in [0.15, 0.2) is 0 Å². The Kier molecular flexibility index (Phi) is 5.21. The van der Waals surface area contributed by atoms with Crippen molar-refractivity contribution in [2.45, 2.75) is 38.4 Å². The fourth-order valence-electron chi connectivity index (χ4n) is 3.26. The monoisotopic (exact) mass is 376 g/mol. The number of halogens is 3. The van der Waals surface area contributed by atoms with Gasteiger partial charge in [-0.3, -0.25) is 9.59 Å². The summed E-state index contributed by atoms with van der Waals surface area (Å²) in [6, 6.07) is 11.9. The molecule has 27 heavy (non-hydrogen) atoms. The number of hydrogen-bond donors (Lipinski definition) is 1. The Hall–Kier alpha value is -2.83. The zero-order chi connectivity index (χ0) is 19.6. The molecule has 0 spiro atoms. The van der Waals surface area contributed by atoms with E-state index in [4.69, 9.17) is 0 Å². The minimum atomic E-state index is -4.50. The molecule has 7 heteroatoms. The van der Waals surface area contributed by atoms with Crippen molar-refractivity contribution in [2.75, 3.05) is 10.2 Å². The Bertz CT molecular complexity index is 847. The molecule has 1 saturated heterocycles. The Balaban J connectivity index is 1.68. The first-order valence-electron chi connectivity index (χ1n) is 8.63. The van der Waals surface area contributed by atoms with Crippen LogP contribution in [0.3, 0.4) is 0 Å². The van der Waals surface area contributed by atoms with Crippen molar-refractivity contribution >= 4 is 23.2 Å². The number of benzene rings is 2. The Morgan fingerprint density at radius 3 is 2.41 bits per heavy atom. The highest BCUT2D eigenvalue weighted by Crippen LogP contribution is 2.32. The van der Waals surface area contributed by atoms with Crippen LogP contribution >= 0.6 is 0 Å². The molecule has 1 unspecified atom stereocenters. The predicted molar refractivity (Wildman–Crippen MR) is 96.4 cm³/mol. The summed E-state index contributed by atoms with van der Waals surface area (Å²) in [6.45, 7) is 1.97. The van der Waals surface area contributed by atoms with Gasteiger partial charge in [0.25, 0.3) is 0 Å². The van der Waals surface area contributed by atoms with Gasteiger partial charge < -0.3 is 10.2 Å². The summed E-state index contributed by atoms with van der Waals surface area (Å²) < 4.78 is 39.1. The van der Waals surface area contributed by atoms with Gasteiger partial charge in [-0.1, -0.05) is 18.2 Å². The summed E-state index contributed by atoms with van der Waals surface area (Å²) in [5.74, 6) is -0.479. The van der Waals surface area contributed by atoms with E-state index in [1.807, 2.05) is 6.92 Å². The molecule has 0 aliphatic carbocycles. The first kappa shape index (κ1) is 18.9. The average Bonchev–Trinajstić information content (AvgIpc) is 2.94. The van der Waals surface area contributed by atoms with E-state index in [9.17, 15) is 22.8 Å². The molecule has 1 aliphatic rings. The van der Waals surface area contributed by atoms with Gasteiger partial charge in [-0.2, -0.15) is 13.2 Å². The first-order chi connectivity index (χ1) is 12.8. The third-order valence-electron chi connectivity index (χ3n) is 4.59. The Morgan fingerprint density at radius 1 is 1.15 bits per heavy atom. The molecule has 1 aliphatic heterocycles. The second-order valence-corrected chi connectivity index (χ2v) is 6.58. The molecule has 2 aromatic rings. The predicted octanol–water partition coefficient (Wildman–Crippen LogP) is 4.40. The zero-order valence-electron chi connectivity index (χ0n) is 14.7. The summed E-state index contributed by atoms with van der Waals surface area (Å²) in [5, 5.41) is 2.60. The van der Waals surface area contributed by atoms with Gasteiger partial charge in [0.1, 0.15) is 0 Å². The molecule has 1 fully saturated rings. The number of alkyl halides is 3. The minimum Gasteiger partial charge on any atom is -0.326 e. The van der Waals surface area contributed by atoms with Crippen LogP contribution in [-0.4, -0.2) is 17.9 Å². The quantitative estimate of drug-likeness (QED) is 0.860. The van der Waals surface area contributed by atoms with Crippen LogP contribution in [0.15, 0.2) is 48.5 Å². The molecule has 1 atom stereocenters. The molecule has 1 N–H and O–H groups in total. The van der Waals surface area contributed by atoms with Crippen molar-refractivity contribution in [1.29, 1.82) is 0 Å². The second-order valence-electron chi connectivity index (χ2n) is 6.58. The van der Waals surface area contributed by atoms with E-state index in [1.54, 1.807) is 29.2 Å². The third-order valence-corrected chi connectivity index (χ3v) is 4.59. The molecule has 2 amide bonds. The van der Waals surface area contributed by atoms with Gasteiger partial charge in [0, 0.05) is 23.8 Å². The van der Waals surface area contributed by atoms with Crippen molar-refractivity contribution in [1.82, 2.24) is 0 Å². The van der Waals surface area contributed by atoms with E-state index in [0.717, 1.165) is 18.2 Å². The van der Waals surface area contributed by atoms with Crippen LogP contribution in [0.25, 0.3) is 0 Å². The Morgan fingerprint density at radius 2 is 1.81 bits per heavy atom. The van der Waals surface area contributed by atoms with Crippen LogP contribution in [0.5, 0.6) is 0 Å². The van der Waals surface area contributed by atoms with E-state index in [0.29, 0.717) is 12.1 Å². The van der Waals surface area contributed by atoms with Crippen LogP contribution < -0.4 is 10.2 Å². The third kappa shape index (κ3) is 4.30. The standard InChI is InChI=1S/C20H19F3N2O2/c1-13-6-11-19(27)25(13)16-9-7-15(8-10-16)24-18(26)12-14-4-2-3-5-17(14)20(21,22)23/h2-5,7-10,13H,6,11-12H2,1H3,(H,24,26). The van der Waals surface area contributed by atoms with E-state index < -0.39 is 17.6 Å². The molecule has 0 aromatic heterocycles. The van der Waals surface area contributed by atoms with Crippen LogP contribution in [0.4, 0.5) is 24.5 Å². The summed E-state index contributed by atoms with van der Waals surface area (Å²) >= 11 is 0. The smallest absolute Gasteiger partial charge is 0.326 e. The lowest BCUT2D eigenvalue weighted by Crippen LogP contribution is -2.30. The molecular formula is C20H19F3N2O2. The SMILES string of the molecule is CC1CCC(=O)N1c1ccc(NC(=O)Cc2ccccc2C(F)(F)F)cc1. The number of rotatable bonds is 4. The van der Waals surface area contributed by atoms with Crippen molar-refractivity contribution in [3.8, 4) is 0 Å². The number of carbonyl (C=O) groups is 2. The number of hydrogen-bond acceptors (Lipinski definition) is 2. The molecule has 1 heterocycles. The van der Waals surface area contributed by atoms with Gasteiger partial charge in [0.2, 0.25) is 11.8 Å². The lowest BCUT2D eigenvalue weighted by molar-refractivity contribution is -0.138. The summed E-state index contributed by atoms with van der Waals surface area (Å²) in [7, 11) is 0. The van der Waals surface area contributed by atoms with E-state index in [1.165, 1.54) is 18.2 Å². The van der Waals surface area contributed by atoms with Crippen molar-refractivity contribution in [2.24, 2.45) is 0 Å². The highest BCUT2D eigenvalue weighted by atomic mass is 19.4. The molecule has 142 valence electrons. The van der Waals surface area contributed by atoms with Crippen LogP contribution in [0.1, 0.15) is 30.9 Å². The number of amides is 2. The molecule has 0 bridgehead atoms. The number of nitrogens with one attached hydrogen (secondary N) is 1. The van der Waals surface area contributed by atoms with Gasteiger partial charge in [-0.25, -0.2) is 0 Å². The van der Waals surface area contributed by atoms with Crippen molar-refractivity contribution in [3.05, 3.63) is 59.7 Å².